The number of piperazine rings is 1. The maximum absolute atomic E-state index is 13.3. The molecular formula is C19H17FN4O3. The van der Waals surface area contributed by atoms with E-state index in [-0.39, 0.29) is 11.1 Å². The Morgan fingerprint density at radius 1 is 1.11 bits per heavy atom. The van der Waals surface area contributed by atoms with Gasteiger partial charge in [0.1, 0.15) is 11.9 Å². The van der Waals surface area contributed by atoms with E-state index in [0.717, 1.165) is 6.07 Å². The molecule has 1 heterocycles. The summed E-state index contributed by atoms with van der Waals surface area (Å²) in [5, 5.41) is 21.3. The summed E-state index contributed by atoms with van der Waals surface area (Å²) in [6, 6.07) is 12.5. The fourth-order valence-electron chi connectivity index (χ4n) is 2.99. The predicted molar refractivity (Wildman–Crippen MR) is 97.3 cm³/mol. The van der Waals surface area contributed by atoms with Crippen LogP contribution in [-0.2, 0) is 0 Å². The highest BCUT2D eigenvalue weighted by molar-refractivity contribution is 6.05. The van der Waals surface area contributed by atoms with E-state index < -0.39 is 17.8 Å². The summed E-state index contributed by atoms with van der Waals surface area (Å²) in [5.74, 6) is -1.04. The van der Waals surface area contributed by atoms with Crippen molar-refractivity contribution in [3.63, 3.8) is 0 Å². The molecule has 0 aromatic heterocycles. The Balaban J connectivity index is 1.82. The van der Waals surface area contributed by atoms with Crippen LogP contribution in [0.1, 0.15) is 15.9 Å². The first-order chi connectivity index (χ1) is 13.0. The molecule has 2 aromatic rings. The van der Waals surface area contributed by atoms with Crippen LogP contribution in [0.2, 0.25) is 0 Å². The maximum Gasteiger partial charge on any atom is 0.407 e. The number of nitriles is 1. The van der Waals surface area contributed by atoms with E-state index in [1.54, 1.807) is 18.2 Å². The first-order valence-electron chi connectivity index (χ1n) is 8.32. The molecule has 138 valence electrons. The molecular weight excluding hydrogens is 351 g/mol. The van der Waals surface area contributed by atoms with Gasteiger partial charge in [-0.05, 0) is 30.3 Å². The van der Waals surface area contributed by atoms with Gasteiger partial charge in [-0.2, -0.15) is 5.26 Å². The SMILES string of the molecule is N#Cc1c(NC(=O)c2cccc(F)c2)cccc1N1CCN(C(=O)O)CC1. The van der Waals surface area contributed by atoms with Crippen molar-refractivity contribution < 1.29 is 19.1 Å². The average Bonchev–Trinajstić information content (AvgIpc) is 2.68. The quantitative estimate of drug-likeness (QED) is 0.868. The molecule has 1 saturated heterocycles. The Morgan fingerprint density at radius 2 is 1.81 bits per heavy atom. The van der Waals surface area contributed by atoms with E-state index in [2.05, 4.69) is 11.4 Å². The highest BCUT2D eigenvalue weighted by Crippen LogP contribution is 2.28. The molecule has 1 aliphatic rings. The zero-order valence-electron chi connectivity index (χ0n) is 14.4. The molecule has 0 atom stereocenters. The van der Waals surface area contributed by atoms with Gasteiger partial charge in [-0.25, -0.2) is 9.18 Å². The number of carbonyl (C=O) groups excluding carboxylic acids is 1. The molecule has 7 nitrogen and oxygen atoms in total. The summed E-state index contributed by atoms with van der Waals surface area (Å²) < 4.78 is 13.3. The third kappa shape index (κ3) is 3.98. The van der Waals surface area contributed by atoms with Crippen LogP contribution in [0.4, 0.5) is 20.6 Å². The molecule has 0 spiro atoms. The minimum Gasteiger partial charge on any atom is -0.465 e. The van der Waals surface area contributed by atoms with Crippen molar-refractivity contribution in [2.75, 3.05) is 36.4 Å². The number of hydrogen-bond acceptors (Lipinski definition) is 4. The molecule has 2 amide bonds. The molecule has 8 heteroatoms. The molecule has 0 radical (unpaired) electrons. The Morgan fingerprint density at radius 3 is 2.44 bits per heavy atom. The van der Waals surface area contributed by atoms with Gasteiger partial charge < -0.3 is 20.2 Å². The molecule has 0 unspecified atom stereocenters. The van der Waals surface area contributed by atoms with E-state index in [4.69, 9.17) is 5.11 Å². The number of nitrogens with zero attached hydrogens (tertiary/aromatic N) is 3. The summed E-state index contributed by atoms with van der Waals surface area (Å²) in [5.41, 5.74) is 1.38. The molecule has 0 saturated carbocycles. The Kier molecular flexibility index (Phi) is 5.22. The van der Waals surface area contributed by atoms with Gasteiger partial charge in [0.2, 0.25) is 0 Å². The third-order valence-electron chi connectivity index (χ3n) is 4.38. The van der Waals surface area contributed by atoms with Gasteiger partial charge in [-0.3, -0.25) is 4.79 Å². The smallest absolute Gasteiger partial charge is 0.407 e. The molecule has 1 aliphatic heterocycles. The molecule has 2 N–H and O–H groups in total. The van der Waals surface area contributed by atoms with Crippen LogP contribution in [0.25, 0.3) is 0 Å². The fraction of sp³-hybridized carbons (Fsp3) is 0.211. The monoisotopic (exact) mass is 368 g/mol. The highest BCUT2D eigenvalue weighted by atomic mass is 19.1. The van der Waals surface area contributed by atoms with Crippen molar-refractivity contribution in [1.82, 2.24) is 4.90 Å². The van der Waals surface area contributed by atoms with Crippen LogP contribution in [0.5, 0.6) is 0 Å². The summed E-state index contributed by atoms with van der Waals surface area (Å²) in [6.07, 6.45) is -0.966. The standard InChI is InChI=1S/C19H17FN4O3/c20-14-4-1-3-13(11-14)18(25)22-16-5-2-6-17(15(16)12-21)23-7-9-24(10-8-23)19(26)27/h1-6,11H,7-10H2,(H,22,25)(H,26,27). The van der Waals surface area contributed by atoms with Gasteiger partial charge in [0.05, 0.1) is 16.9 Å². The van der Waals surface area contributed by atoms with Crippen LogP contribution in [0.3, 0.4) is 0 Å². The van der Waals surface area contributed by atoms with E-state index >= 15 is 0 Å². The molecule has 27 heavy (non-hydrogen) atoms. The van der Waals surface area contributed by atoms with Crippen molar-refractivity contribution in [2.45, 2.75) is 0 Å². The van der Waals surface area contributed by atoms with Gasteiger partial charge in [-0.15, -0.1) is 0 Å². The Labute approximate surface area is 155 Å². The molecule has 3 rings (SSSR count). The fourth-order valence-corrected chi connectivity index (χ4v) is 2.99. The lowest BCUT2D eigenvalue weighted by Gasteiger charge is -2.35. The minimum atomic E-state index is -0.966. The van der Waals surface area contributed by atoms with Crippen LogP contribution in [0.15, 0.2) is 42.5 Å². The summed E-state index contributed by atoms with van der Waals surface area (Å²) in [4.78, 5) is 26.6. The molecule has 2 aromatic carbocycles. The number of carboxylic acid groups (broad SMARTS) is 1. The first-order valence-corrected chi connectivity index (χ1v) is 8.32. The normalized spacial score (nSPS) is 13.8. The van der Waals surface area contributed by atoms with Gasteiger partial charge in [-0.1, -0.05) is 12.1 Å². The second-order valence-corrected chi connectivity index (χ2v) is 6.03. The molecule has 0 aliphatic carbocycles. The number of benzene rings is 2. The van der Waals surface area contributed by atoms with Gasteiger partial charge in [0.25, 0.3) is 5.91 Å². The summed E-state index contributed by atoms with van der Waals surface area (Å²) in [6.45, 7) is 1.56. The van der Waals surface area contributed by atoms with Crippen LogP contribution in [-0.4, -0.2) is 48.2 Å². The minimum absolute atomic E-state index is 0.152. The lowest BCUT2D eigenvalue weighted by molar-refractivity contribution is 0.102. The lowest BCUT2D eigenvalue weighted by Crippen LogP contribution is -2.48. The van der Waals surface area contributed by atoms with Gasteiger partial charge in [0, 0.05) is 31.7 Å². The second-order valence-electron chi connectivity index (χ2n) is 6.03. The highest BCUT2D eigenvalue weighted by Gasteiger charge is 2.23. The summed E-state index contributed by atoms with van der Waals surface area (Å²) >= 11 is 0. The third-order valence-corrected chi connectivity index (χ3v) is 4.38. The van der Waals surface area contributed by atoms with E-state index in [1.807, 2.05) is 4.90 Å². The van der Waals surface area contributed by atoms with Crippen LogP contribution >= 0.6 is 0 Å². The predicted octanol–water partition coefficient (Wildman–Crippen LogP) is 2.75. The summed E-state index contributed by atoms with van der Waals surface area (Å²) in [7, 11) is 0. The van der Waals surface area contributed by atoms with Gasteiger partial charge in [0.15, 0.2) is 0 Å². The second kappa shape index (κ2) is 7.74. The Bertz CT molecular complexity index is 917. The number of amides is 2. The van der Waals surface area contributed by atoms with E-state index in [0.29, 0.717) is 37.6 Å². The lowest BCUT2D eigenvalue weighted by atomic mass is 10.1. The zero-order chi connectivity index (χ0) is 19.4. The number of carbonyl (C=O) groups is 2. The van der Waals surface area contributed by atoms with E-state index in [9.17, 15) is 19.2 Å². The number of anilines is 2. The van der Waals surface area contributed by atoms with Crippen molar-refractivity contribution >= 4 is 23.4 Å². The topological polar surface area (TPSA) is 96.7 Å². The van der Waals surface area contributed by atoms with Crippen molar-refractivity contribution in [1.29, 1.82) is 5.26 Å². The molecule has 1 fully saturated rings. The van der Waals surface area contributed by atoms with Crippen molar-refractivity contribution in [3.8, 4) is 6.07 Å². The van der Waals surface area contributed by atoms with Crippen LogP contribution < -0.4 is 10.2 Å². The molecule has 0 bridgehead atoms. The number of rotatable bonds is 3. The van der Waals surface area contributed by atoms with Crippen LogP contribution in [0, 0.1) is 17.1 Å². The van der Waals surface area contributed by atoms with Crippen molar-refractivity contribution in [3.05, 3.63) is 59.4 Å². The average molecular weight is 368 g/mol. The Hall–Kier alpha value is -3.60. The number of halogens is 1. The largest absolute Gasteiger partial charge is 0.465 e. The number of hydrogen-bond donors (Lipinski definition) is 2. The number of nitrogens with one attached hydrogen (secondary N) is 1. The van der Waals surface area contributed by atoms with Gasteiger partial charge >= 0.3 is 6.09 Å². The van der Waals surface area contributed by atoms with Crippen molar-refractivity contribution in [2.24, 2.45) is 0 Å². The van der Waals surface area contributed by atoms with E-state index in [1.165, 1.54) is 23.1 Å². The zero-order valence-corrected chi connectivity index (χ0v) is 14.4. The first kappa shape index (κ1) is 18.2. The maximum atomic E-state index is 13.3.